The van der Waals surface area contributed by atoms with E-state index in [4.69, 9.17) is 14.2 Å². The van der Waals surface area contributed by atoms with Gasteiger partial charge in [-0.25, -0.2) is 4.68 Å². The van der Waals surface area contributed by atoms with E-state index in [1.54, 1.807) is 30.6 Å². The van der Waals surface area contributed by atoms with Gasteiger partial charge in [-0.05, 0) is 47.3 Å². The van der Waals surface area contributed by atoms with E-state index in [1.807, 2.05) is 0 Å². The molecule has 17 heteroatoms. The van der Waals surface area contributed by atoms with Crippen molar-refractivity contribution in [1.82, 2.24) is 39.7 Å². The molecule has 2 saturated heterocycles. The number of benzene rings is 2. The molecule has 0 N–H and O–H groups in total. The maximum atomic E-state index is 13.0. The fraction of sp³-hybridized carbons (Fsp3) is 0. The first-order valence-electron chi connectivity index (χ1n) is 16.3. The van der Waals surface area contributed by atoms with Crippen LogP contribution in [0, 0.1) is 99.1 Å². The van der Waals surface area contributed by atoms with Crippen LogP contribution in [0.15, 0.2) is 66.0 Å². The second-order valence-corrected chi connectivity index (χ2v) is 11.9. The summed E-state index contributed by atoms with van der Waals surface area (Å²) in [6, 6.07) is 8.95. The minimum Gasteiger partial charge on any atom is -0.490 e. The van der Waals surface area contributed by atoms with E-state index in [2.05, 4.69) is 108 Å². The molecule has 0 atom stereocenters. The third-order valence-electron chi connectivity index (χ3n) is 8.41. The number of amides is 4. The standard InChI is InChI=1S/C41H18N9O8/c1-46(21-33-35(56-3)14-24(15-36(33)57-4)32-22-47(2)39(53)31-17-42-11-10-28(31)32)12-5-13-49-18-25(44-45-49)23-58-27-19-48(20-27)26-6-7-29-30(16-26)41(55)50(40(29)54)34-8-9-37(51)43-38(34)52/h6-7,10-11,14-18,22H,1-4H2. The number of imide groups is 2. The highest BCUT2D eigenvalue weighted by molar-refractivity contribution is 6.26. The van der Waals surface area contributed by atoms with Crippen LogP contribution in [0.5, 0.6) is 11.5 Å². The Morgan fingerprint density at radius 3 is 2.36 bits per heavy atom. The second kappa shape index (κ2) is 15.8. The number of nitrogens with zero attached hydrogens (tertiary/aromatic N) is 9. The van der Waals surface area contributed by atoms with Crippen LogP contribution in [0.4, 0.5) is 5.69 Å². The van der Waals surface area contributed by atoms with Crippen LogP contribution < -0.4 is 25.2 Å². The van der Waals surface area contributed by atoms with Gasteiger partial charge in [-0.2, -0.15) is 5.32 Å². The first kappa shape index (κ1) is 38.4. The van der Waals surface area contributed by atoms with E-state index in [0.717, 1.165) is 4.90 Å². The van der Waals surface area contributed by atoms with Gasteiger partial charge in [0, 0.05) is 56.8 Å². The number of ether oxygens (including phenoxy) is 3. The van der Waals surface area contributed by atoms with Gasteiger partial charge in [0.25, 0.3) is 29.2 Å². The number of hydrogen-bond donors (Lipinski definition) is 0. The summed E-state index contributed by atoms with van der Waals surface area (Å²) in [6.45, 7) is 16.6. The maximum Gasteiger partial charge on any atom is 0.279 e. The Balaban J connectivity index is 0.813. The fourth-order valence-corrected chi connectivity index (χ4v) is 5.77. The Kier molecular flexibility index (Phi) is 10.5. The molecule has 2 aromatic carbocycles. The normalized spacial score (nSPS) is 16.0. The molecular weight excluding hydrogens is 747 g/mol. The molecule has 0 unspecified atom stereocenters. The quantitative estimate of drug-likeness (QED) is 0.119. The van der Waals surface area contributed by atoms with Crippen LogP contribution in [-0.4, -0.2) is 58.0 Å². The number of hydrogen-bond acceptors (Lipinski definition) is 13. The second-order valence-electron chi connectivity index (χ2n) is 11.9. The van der Waals surface area contributed by atoms with Crippen molar-refractivity contribution >= 4 is 40.1 Å². The summed E-state index contributed by atoms with van der Waals surface area (Å²) in [6.07, 6.45) is 13.1. The van der Waals surface area contributed by atoms with Crippen LogP contribution in [-0.2, 0) is 14.3 Å². The third kappa shape index (κ3) is 7.29. The zero-order chi connectivity index (χ0) is 40.7. The molecule has 275 valence electrons. The maximum absolute atomic E-state index is 13.0. The number of fused-ring (bicyclic) bond motifs is 2. The molecular formula is C41H18N9O8. The predicted molar refractivity (Wildman–Crippen MR) is 193 cm³/mol. The van der Waals surface area contributed by atoms with Crippen molar-refractivity contribution in [3.8, 4) is 22.6 Å². The molecule has 0 bridgehead atoms. The molecule has 5 aromatic rings. The Labute approximate surface area is 333 Å². The predicted octanol–water partition coefficient (Wildman–Crippen LogP) is 2.32. The molecule has 0 saturated carbocycles. The van der Waals surface area contributed by atoms with Crippen molar-refractivity contribution in [3.63, 3.8) is 0 Å². The molecule has 25 radical (unpaired) electrons. The van der Waals surface area contributed by atoms with Gasteiger partial charge in [0.15, 0.2) is 18.8 Å². The average molecular weight is 765 g/mol. The summed E-state index contributed by atoms with van der Waals surface area (Å²) >= 11 is 0. The summed E-state index contributed by atoms with van der Waals surface area (Å²) in [5.74, 6) is -3.09. The minimum atomic E-state index is -1.07. The van der Waals surface area contributed by atoms with Crippen molar-refractivity contribution in [2.75, 3.05) is 4.90 Å². The summed E-state index contributed by atoms with van der Waals surface area (Å²) < 4.78 is 18.6. The zero-order valence-corrected chi connectivity index (χ0v) is 29.4. The number of piperidine rings is 1. The topological polar surface area (TPSA) is 185 Å². The van der Waals surface area contributed by atoms with Gasteiger partial charge in [0.2, 0.25) is 0 Å². The lowest BCUT2D eigenvalue weighted by atomic mass is 9.99. The molecule has 3 aliphatic rings. The van der Waals surface area contributed by atoms with Crippen LogP contribution in [0.1, 0.15) is 32.0 Å². The van der Waals surface area contributed by atoms with Gasteiger partial charge >= 0.3 is 0 Å². The summed E-state index contributed by atoms with van der Waals surface area (Å²) in [4.78, 5) is 69.2. The highest BCUT2D eigenvalue weighted by Gasteiger charge is 2.47. The lowest BCUT2D eigenvalue weighted by Crippen LogP contribution is -2.46. The van der Waals surface area contributed by atoms with Crippen LogP contribution in [0.25, 0.3) is 21.9 Å². The van der Waals surface area contributed by atoms with Gasteiger partial charge in [0.05, 0.1) is 41.2 Å². The third-order valence-corrected chi connectivity index (χ3v) is 8.41. The van der Waals surface area contributed by atoms with Crippen molar-refractivity contribution < 1.29 is 33.4 Å². The monoisotopic (exact) mass is 764 g/mol. The molecule has 4 amide bonds. The summed E-state index contributed by atoms with van der Waals surface area (Å²) in [5, 5.41) is 12.0. The number of rotatable bonds is 14. The highest BCUT2D eigenvalue weighted by atomic mass is 16.5. The zero-order valence-electron chi connectivity index (χ0n) is 29.4. The van der Waals surface area contributed by atoms with Crippen molar-refractivity contribution in [2.24, 2.45) is 0 Å². The number of carbonyl (C=O) groups excluding carboxylic acids is 4. The lowest BCUT2D eigenvalue weighted by molar-refractivity contribution is -0.130. The first-order valence-corrected chi connectivity index (χ1v) is 16.3. The Morgan fingerprint density at radius 2 is 1.62 bits per heavy atom. The highest BCUT2D eigenvalue weighted by Crippen LogP contribution is 2.40. The molecule has 6 heterocycles. The van der Waals surface area contributed by atoms with Crippen molar-refractivity contribution in [1.29, 1.82) is 0 Å². The van der Waals surface area contributed by atoms with E-state index < -0.39 is 29.7 Å². The van der Waals surface area contributed by atoms with Gasteiger partial charge < -0.3 is 23.7 Å². The molecule has 0 spiro atoms. The van der Waals surface area contributed by atoms with Crippen LogP contribution >= 0.6 is 0 Å². The smallest absolute Gasteiger partial charge is 0.279 e. The number of aromatic nitrogens is 5. The molecule has 3 aromatic heterocycles. The molecule has 8 rings (SSSR count). The van der Waals surface area contributed by atoms with Gasteiger partial charge in [-0.1, -0.05) is 5.21 Å². The summed E-state index contributed by atoms with van der Waals surface area (Å²) in [7, 11) is 14.7. The number of pyridine rings is 2. The Morgan fingerprint density at radius 1 is 0.862 bits per heavy atom. The first-order chi connectivity index (χ1) is 28.0. The fourth-order valence-electron chi connectivity index (χ4n) is 5.77. The van der Waals surface area contributed by atoms with Gasteiger partial charge in [-0.15, -0.1) is 5.10 Å². The molecule has 0 aliphatic carbocycles. The Bertz CT molecular complexity index is 2480. The van der Waals surface area contributed by atoms with Gasteiger partial charge in [0.1, 0.15) is 57.6 Å². The van der Waals surface area contributed by atoms with E-state index in [-0.39, 0.29) is 40.0 Å². The van der Waals surface area contributed by atoms with Gasteiger partial charge in [-0.3, -0.25) is 38.8 Å². The van der Waals surface area contributed by atoms with Crippen molar-refractivity contribution in [2.45, 2.75) is 0 Å². The molecule has 3 aliphatic heterocycles. The van der Waals surface area contributed by atoms with Crippen LogP contribution in [0.3, 0.4) is 0 Å². The SMILES string of the molecule is [CH2]Oc1cc(-c2cn([CH2])c(=O)c3cnccc23)cc(O[CH2])c1[C]N([CH2])[C][C][C]n1cc([C]O[C]2[C]N(c3ccc4c(c3)C(=O)N([C]3[C][C]C(=O)[N]C3=O)C4=O)[C]2)nn1. The molecule has 58 heavy (non-hydrogen) atoms. The molecule has 17 nitrogen and oxygen atoms in total. The van der Waals surface area contributed by atoms with E-state index >= 15 is 0 Å². The van der Waals surface area contributed by atoms with E-state index in [9.17, 15) is 24.0 Å². The van der Waals surface area contributed by atoms with E-state index in [0.29, 0.717) is 38.1 Å². The minimum absolute atomic E-state index is 0.00945. The summed E-state index contributed by atoms with van der Waals surface area (Å²) in [5.41, 5.74) is 1.91. The number of anilines is 1. The van der Waals surface area contributed by atoms with Crippen LogP contribution in [0.2, 0.25) is 0 Å². The lowest BCUT2D eigenvalue weighted by Gasteiger charge is -2.36. The average Bonchev–Trinajstić information content (AvgIpc) is 3.76. The van der Waals surface area contributed by atoms with E-state index in [1.165, 1.54) is 44.7 Å². The van der Waals surface area contributed by atoms with Crippen molar-refractivity contribution in [3.05, 3.63) is 193 Å². The molecule has 2 fully saturated rings. The number of carbonyl (C=O) groups is 4. The Hall–Kier alpha value is -6.46. The largest absolute Gasteiger partial charge is 0.490 e.